The van der Waals surface area contributed by atoms with Gasteiger partial charge in [0.15, 0.2) is 0 Å². The van der Waals surface area contributed by atoms with Gasteiger partial charge in [0.25, 0.3) is 5.78 Å². The molecule has 3 rings (SSSR count). The summed E-state index contributed by atoms with van der Waals surface area (Å²) in [6.07, 6.45) is 0. The standard InChI is InChI=1S/C8H3NO2S2/c10-7-6-4-2-1-3-5(6)12-13-9(4)8(7)11/h1-3H. The largest absolute Gasteiger partial charge is 0.310 e. The molecule has 0 unspecified atom stereocenters. The molecule has 1 aromatic rings. The van der Waals surface area contributed by atoms with Crippen LogP contribution in [0.5, 0.6) is 0 Å². The summed E-state index contributed by atoms with van der Waals surface area (Å²) < 4.78 is 1.45. The third-order valence-electron chi connectivity index (χ3n) is 2.03. The van der Waals surface area contributed by atoms with E-state index in [1.165, 1.54) is 26.1 Å². The lowest BCUT2D eigenvalue weighted by Crippen LogP contribution is -2.21. The van der Waals surface area contributed by atoms with Crippen LogP contribution < -0.4 is 4.31 Å². The highest BCUT2D eigenvalue weighted by atomic mass is 33.1. The lowest BCUT2D eigenvalue weighted by Gasteiger charge is -2.18. The van der Waals surface area contributed by atoms with Gasteiger partial charge < -0.3 is 0 Å². The molecule has 1 aromatic carbocycles. The first-order chi connectivity index (χ1) is 6.29. The third kappa shape index (κ3) is 0.783. The molecule has 0 saturated heterocycles. The Bertz CT molecular complexity index is 444. The molecule has 4 bridgehead atoms. The Morgan fingerprint density at radius 1 is 1.23 bits per heavy atom. The number of hydrogen-bond acceptors (Lipinski definition) is 4. The molecule has 64 valence electrons. The van der Waals surface area contributed by atoms with Gasteiger partial charge in [-0.05, 0) is 22.9 Å². The number of carbonyl (C=O) groups excluding carboxylic acids is 2. The smallest absolute Gasteiger partial charge is 0.283 e. The molecule has 2 heterocycles. The van der Waals surface area contributed by atoms with Crippen molar-refractivity contribution in [1.29, 1.82) is 0 Å². The van der Waals surface area contributed by atoms with E-state index >= 15 is 0 Å². The van der Waals surface area contributed by atoms with Gasteiger partial charge >= 0.3 is 5.91 Å². The van der Waals surface area contributed by atoms with Crippen molar-refractivity contribution >= 4 is 39.2 Å². The molecular weight excluding hydrogens is 206 g/mol. The summed E-state index contributed by atoms with van der Waals surface area (Å²) >= 11 is 0. The summed E-state index contributed by atoms with van der Waals surface area (Å²) in [4.78, 5) is 23.7. The highest BCUT2D eigenvalue weighted by Crippen LogP contribution is 2.51. The Morgan fingerprint density at radius 3 is 2.85 bits per heavy atom. The highest BCUT2D eigenvalue weighted by molar-refractivity contribution is 8.77. The predicted molar refractivity (Wildman–Crippen MR) is 51.7 cm³/mol. The van der Waals surface area contributed by atoms with Crippen LogP contribution in [0.4, 0.5) is 5.69 Å². The Hall–Kier alpha value is -0.940. The number of Topliss-reactive ketones (excluding diaryl/α,β-unsaturated/α-hetero) is 1. The first-order valence-corrected chi connectivity index (χ1v) is 5.76. The second kappa shape index (κ2) is 2.30. The van der Waals surface area contributed by atoms with Crippen LogP contribution in [0.15, 0.2) is 23.1 Å². The SMILES string of the molecule is O=C1C(=O)N2SSc3cccc2c31. The van der Waals surface area contributed by atoms with Crippen molar-refractivity contribution in [1.82, 2.24) is 0 Å². The summed E-state index contributed by atoms with van der Waals surface area (Å²) in [6, 6.07) is 5.53. The molecule has 2 aliphatic rings. The predicted octanol–water partition coefficient (Wildman–Crippen LogP) is 1.88. The van der Waals surface area contributed by atoms with Crippen molar-refractivity contribution in [3.8, 4) is 0 Å². The Kier molecular flexibility index (Phi) is 1.32. The molecule has 0 N–H and O–H groups in total. The number of anilines is 1. The normalized spacial score (nSPS) is 18.3. The van der Waals surface area contributed by atoms with Crippen LogP contribution in [-0.2, 0) is 4.79 Å². The van der Waals surface area contributed by atoms with Gasteiger partial charge in [0.2, 0.25) is 0 Å². The Labute approximate surface area is 82.0 Å². The molecule has 0 saturated carbocycles. The van der Waals surface area contributed by atoms with Gasteiger partial charge in [0.1, 0.15) is 0 Å². The minimum absolute atomic E-state index is 0.372. The summed E-state index contributed by atoms with van der Waals surface area (Å²) in [7, 11) is 2.77. The first-order valence-electron chi connectivity index (χ1n) is 3.65. The molecule has 2 aliphatic heterocycles. The molecule has 0 radical (unpaired) electrons. The van der Waals surface area contributed by atoms with Crippen LogP contribution in [0.1, 0.15) is 10.4 Å². The molecule has 0 atom stereocenters. The second-order valence-electron chi connectivity index (χ2n) is 2.74. The minimum Gasteiger partial charge on any atom is -0.283 e. The number of ketones is 1. The van der Waals surface area contributed by atoms with E-state index in [-0.39, 0.29) is 5.78 Å². The molecule has 0 aliphatic carbocycles. The van der Waals surface area contributed by atoms with Gasteiger partial charge in [-0.1, -0.05) is 6.07 Å². The molecule has 0 spiro atoms. The number of carbonyl (C=O) groups is 2. The number of hydrogen-bond donors (Lipinski definition) is 0. The zero-order chi connectivity index (χ0) is 9.00. The molecule has 3 nitrogen and oxygen atoms in total. The number of benzene rings is 1. The lowest BCUT2D eigenvalue weighted by molar-refractivity contribution is -0.113. The first kappa shape index (κ1) is 7.46. The van der Waals surface area contributed by atoms with E-state index in [0.717, 1.165) is 10.6 Å². The zero-order valence-electron chi connectivity index (χ0n) is 6.31. The fourth-order valence-electron chi connectivity index (χ4n) is 1.45. The average Bonchev–Trinajstić information content (AvgIpc) is 2.29. The minimum atomic E-state index is -0.419. The van der Waals surface area contributed by atoms with Crippen molar-refractivity contribution in [2.75, 3.05) is 4.31 Å². The van der Waals surface area contributed by atoms with Crippen LogP contribution in [0.25, 0.3) is 0 Å². The summed E-state index contributed by atoms with van der Waals surface area (Å²) in [6.45, 7) is 0. The molecule has 5 heteroatoms. The van der Waals surface area contributed by atoms with E-state index in [1.54, 1.807) is 6.07 Å². The molecule has 13 heavy (non-hydrogen) atoms. The van der Waals surface area contributed by atoms with E-state index in [1.807, 2.05) is 12.1 Å². The number of nitrogens with zero attached hydrogens (tertiary/aromatic N) is 1. The summed E-state index contributed by atoms with van der Waals surface area (Å²) in [5, 5.41) is 0. The van der Waals surface area contributed by atoms with E-state index in [4.69, 9.17) is 0 Å². The van der Waals surface area contributed by atoms with Crippen LogP contribution in [0, 0.1) is 0 Å². The van der Waals surface area contributed by atoms with E-state index in [9.17, 15) is 9.59 Å². The van der Waals surface area contributed by atoms with Gasteiger partial charge in [-0.15, -0.1) is 0 Å². The van der Waals surface area contributed by atoms with Crippen molar-refractivity contribution in [2.45, 2.75) is 4.90 Å². The van der Waals surface area contributed by atoms with Crippen molar-refractivity contribution in [3.63, 3.8) is 0 Å². The Balaban J connectivity index is 2.40. The van der Waals surface area contributed by atoms with Gasteiger partial charge in [0.05, 0.1) is 11.3 Å². The third-order valence-corrected chi connectivity index (χ3v) is 4.35. The van der Waals surface area contributed by atoms with E-state index < -0.39 is 5.91 Å². The second-order valence-corrected chi connectivity index (χ2v) is 4.80. The van der Waals surface area contributed by atoms with Gasteiger partial charge in [-0.3, -0.25) is 9.59 Å². The number of rotatable bonds is 0. The van der Waals surface area contributed by atoms with E-state index in [2.05, 4.69) is 0 Å². The summed E-state index contributed by atoms with van der Waals surface area (Å²) in [5.41, 5.74) is 1.33. The molecule has 0 aromatic heterocycles. The van der Waals surface area contributed by atoms with Gasteiger partial charge in [0, 0.05) is 15.9 Å². The maximum absolute atomic E-state index is 11.4. The van der Waals surface area contributed by atoms with Gasteiger partial charge in [-0.25, -0.2) is 4.31 Å². The molecular formula is C8H3NO2S2. The average molecular weight is 209 g/mol. The van der Waals surface area contributed by atoms with Crippen molar-refractivity contribution in [3.05, 3.63) is 23.8 Å². The van der Waals surface area contributed by atoms with Crippen molar-refractivity contribution < 1.29 is 9.59 Å². The topological polar surface area (TPSA) is 37.4 Å². The molecule has 1 amide bonds. The van der Waals surface area contributed by atoms with Crippen LogP contribution >= 0.6 is 21.8 Å². The highest BCUT2D eigenvalue weighted by Gasteiger charge is 2.41. The quantitative estimate of drug-likeness (QED) is 0.371. The number of amides is 1. The summed E-state index contributed by atoms with van der Waals surface area (Å²) in [5.74, 6) is -0.791. The van der Waals surface area contributed by atoms with E-state index in [0.29, 0.717) is 5.56 Å². The molecule has 0 fully saturated rings. The van der Waals surface area contributed by atoms with Crippen LogP contribution in [-0.4, -0.2) is 11.7 Å². The fraction of sp³-hybridized carbons (Fsp3) is 0. The maximum atomic E-state index is 11.4. The monoisotopic (exact) mass is 209 g/mol. The van der Waals surface area contributed by atoms with Crippen LogP contribution in [0.2, 0.25) is 0 Å². The maximum Gasteiger partial charge on any atom is 0.310 e. The lowest BCUT2D eigenvalue weighted by atomic mass is 10.1. The van der Waals surface area contributed by atoms with Crippen molar-refractivity contribution in [2.24, 2.45) is 0 Å². The zero-order valence-corrected chi connectivity index (χ0v) is 7.95. The Morgan fingerprint density at radius 2 is 2.08 bits per heavy atom. The van der Waals surface area contributed by atoms with Crippen LogP contribution in [0.3, 0.4) is 0 Å². The fourth-order valence-corrected chi connectivity index (χ4v) is 3.72. The van der Waals surface area contributed by atoms with Gasteiger partial charge in [-0.2, -0.15) is 0 Å².